The van der Waals surface area contributed by atoms with E-state index in [1.165, 1.54) is 12.1 Å². The number of hydrogen-bond donors (Lipinski definition) is 3. The van der Waals surface area contributed by atoms with E-state index in [-0.39, 0.29) is 18.1 Å². The van der Waals surface area contributed by atoms with E-state index in [9.17, 15) is 15.0 Å². The second-order valence-corrected chi connectivity index (χ2v) is 3.08. The number of pyridine rings is 1. The van der Waals surface area contributed by atoms with Gasteiger partial charge < -0.3 is 20.1 Å². The minimum atomic E-state index is -1.68. The molecule has 6 heteroatoms. The number of nitrogens with zero attached hydrogens (tertiary/aromatic N) is 1. The Kier molecular flexibility index (Phi) is 4.21. The summed E-state index contributed by atoms with van der Waals surface area (Å²) in [5, 5.41) is 28.0. The zero-order valence-corrected chi connectivity index (χ0v) is 8.70. The summed E-state index contributed by atoms with van der Waals surface area (Å²) < 4.78 is 4.54. The molecule has 6 nitrogen and oxygen atoms in total. The summed E-state index contributed by atoms with van der Waals surface area (Å²) >= 11 is 0. The van der Waals surface area contributed by atoms with Gasteiger partial charge in [-0.2, -0.15) is 0 Å². The van der Waals surface area contributed by atoms with Crippen LogP contribution in [0.3, 0.4) is 0 Å². The number of ether oxygens (including phenoxy) is 1. The molecular formula is C10H13NO5. The highest BCUT2D eigenvalue weighted by Crippen LogP contribution is 2.17. The molecule has 2 unspecified atom stereocenters. The summed E-state index contributed by atoms with van der Waals surface area (Å²) in [6.07, 6.45) is -2.05. The monoisotopic (exact) mass is 227 g/mol. The zero-order valence-electron chi connectivity index (χ0n) is 8.70. The fraction of sp³-hybridized carbons (Fsp3) is 0.400. The molecule has 0 saturated carbocycles. The molecule has 0 aliphatic heterocycles. The van der Waals surface area contributed by atoms with E-state index in [0.717, 1.165) is 6.20 Å². The van der Waals surface area contributed by atoms with Crippen LogP contribution < -0.4 is 0 Å². The number of esters is 1. The molecule has 0 aromatic carbocycles. The van der Waals surface area contributed by atoms with Crippen LogP contribution >= 0.6 is 0 Å². The summed E-state index contributed by atoms with van der Waals surface area (Å²) in [6, 6.07) is 2.60. The van der Waals surface area contributed by atoms with Gasteiger partial charge in [0.15, 0.2) is 6.10 Å². The van der Waals surface area contributed by atoms with Gasteiger partial charge >= 0.3 is 5.97 Å². The van der Waals surface area contributed by atoms with Crippen molar-refractivity contribution in [3.05, 3.63) is 24.0 Å². The predicted molar refractivity (Wildman–Crippen MR) is 53.5 cm³/mol. The van der Waals surface area contributed by atoms with Crippen LogP contribution in [0.25, 0.3) is 0 Å². The molecule has 3 N–H and O–H groups in total. The third-order valence-corrected chi connectivity index (χ3v) is 1.90. The van der Waals surface area contributed by atoms with Crippen molar-refractivity contribution in [2.24, 2.45) is 0 Å². The highest BCUT2D eigenvalue weighted by atomic mass is 16.5. The molecule has 0 bridgehead atoms. The summed E-state index contributed by atoms with van der Waals surface area (Å²) in [7, 11) is 0. The predicted octanol–water partition coefficient (Wildman–Crippen LogP) is -0.255. The molecule has 0 fully saturated rings. The van der Waals surface area contributed by atoms with Crippen LogP contribution in [0.4, 0.5) is 0 Å². The smallest absolute Gasteiger partial charge is 0.338 e. The van der Waals surface area contributed by atoms with Crippen LogP contribution in [0.1, 0.15) is 18.7 Å². The topological polar surface area (TPSA) is 99.9 Å². The molecule has 2 atom stereocenters. The van der Waals surface area contributed by atoms with E-state index in [2.05, 4.69) is 9.72 Å². The first-order chi connectivity index (χ1) is 7.56. The molecular weight excluding hydrogens is 214 g/mol. The number of aliphatic hydroxyl groups is 2. The van der Waals surface area contributed by atoms with Crippen molar-refractivity contribution in [2.45, 2.75) is 19.1 Å². The maximum Gasteiger partial charge on any atom is 0.338 e. The minimum Gasteiger partial charge on any atom is -0.506 e. The van der Waals surface area contributed by atoms with Gasteiger partial charge in [-0.25, -0.2) is 4.79 Å². The summed E-state index contributed by atoms with van der Waals surface area (Å²) in [5.74, 6) is -0.980. The minimum absolute atomic E-state index is 0.0680. The van der Waals surface area contributed by atoms with Crippen LogP contribution in [0.5, 0.6) is 5.75 Å². The Hall–Kier alpha value is -1.66. The highest BCUT2D eigenvalue weighted by Gasteiger charge is 2.27. The summed E-state index contributed by atoms with van der Waals surface area (Å²) in [6.45, 7) is 1.71. The van der Waals surface area contributed by atoms with Crippen molar-refractivity contribution < 1.29 is 24.9 Å². The summed E-state index contributed by atoms with van der Waals surface area (Å²) in [4.78, 5) is 14.8. The van der Waals surface area contributed by atoms with E-state index in [4.69, 9.17) is 5.11 Å². The van der Waals surface area contributed by atoms with Gasteiger partial charge in [-0.15, -0.1) is 0 Å². The Labute approximate surface area is 92.1 Å². The molecule has 0 aliphatic rings. The molecule has 1 aromatic rings. The highest BCUT2D eigenvalue weighted by molar-refractivity contribution is 5.75. The van der Waals surface area contributed by atoms with Crippen LogP contribution in [0.2, 0.25) is 0 Å². The molecule has 0 amide bonds. The number of hydrogen-bond acceptors (Lipinski definition) is 6. The lowest BCUT2D eigenvalue weighted by Crippen LogP contribution is -2.30. The third kappa shape index (κ3) is 2.91. The zero-order chi connectivity index (χ0) is 12.1. The van der Waals surface area contributed by atoms with Crippen molar-refractivity contribution in [1.29, 1.82) is 0 Å². The lowest BCUT2D eigenvalue weighted by molar-refractivity contribution is -0.159. The summed E-state index contributed by atoms with van der Waals surface area (Å²) in [5.41, 5.74) is 0.0818. The first-order valence-electron chi connectivity index (χ1n) is 4.74. The van der Waals surface area contributed by atoms with Crippen LogP contribution in [-0.4, -0.2) is 39.0 Å². The molecule has 16 heavy (non-hydrogen) atoms. The molecule has 0 spiro atoms. The maximum absolute atomic E-state index is 11.1. The first-order valence-corrected chi connectivity index (χ1v) is 4.74. The molecule has 88 valence electrons. The van der Waals surface area contributed by atoms with Crippen LogP contribution in [0.15, 0.2) is 18.3 Å². The van der Waals surface area contributed by atoms with Gasteiger partial charge in [0.1, 0.15) is 11.9 Å². The first kappa shape index (κ1) is 12.4. The average molecular weight is 227 g/mol. The Morgan fingerprint density at radius 3 is 2.69 bits per heavy atom. The van der Waals surface area contributed by atoms with Crippen molar-refractivity contribution >= 4 is 5.97 Å². The van der Waals surface area contributed by atoms with Crippen molar-refractivity contribution in [2.75, 3.05) is 6.61 Å². The number of aromatic hydroxyl groups is 1. The van der Waals surface area contributed by atoms with Gasteiger partial charge in [0.05, 0.1) is 18.5 Å². The maximum atomic E-state index is 11.1. The number of aliphatic hydroxyl groups excluding tert-OH is 2. The fourth-order valence-corrected chi connectivity index (χ4v) is 1.09. The van der Waals surface area contributed by atoms with Gasteiger partial charge in [0, 0.05) is 0 Å². The SMILES string of the molecule is CCOC(=O)C(O)C(O)c1ccc(O)cn1. The van der Waals surface area contributed by atoms with Crippen LogP contribution in [-0.2, 0) is 9.53 Å². The normalized spacial score (nSPS) is 14.2. The van der Waals surface area contributed by atoms with E-state index in [1.807, 2.05) is 0 Å². The van der Waals surface area contributed by atoms with Crippen molar-refractivity contribution in [1.82, 2.24) is 4.98 Å². The standard InChI is InChI=1S/C10H13NO5/c1-2-16-10(15)9(14)8(13)7-4-3-6(12)5-11-7/h3-5,8-9,12-14H,2H2,1H3. The number of carbonyl (C=O) groups excluding carboxylic acids is 1. The lowest BCUT2D eigenvalue weighted by Gasteiger charge is -2.15. The quantitative estimate of drug-likeness (QED) is 0.613. The van der Waals surface area contributed by atoms with Crippen LogP contribution in [0, 0.1) is 0 Å². The van der Waals surface area contributed by atoms with Gasteiger partial charge in [-0.05, 0) is 19.1 Å². The lowest BCUT2D eigenvalue weighted by atomic mass is 10.1. The Morgan fingerprint density at radius 1 is 1.50 bits per heavy atom. The number of rotatable bonds is 4. The molecule has 1 heterocycles. The molecule has 1 rings (SSSR count). The second-order valence-electron chi connectivity index (χ2n) is 3.08. The van der Waals surface area contributed by atoms with Crippen molar-refractivity contribution in [3.63, 3.8) is 0 Å². The number of aromatic nitrogens is 1. The average Bonchev–Trinajstić information content (AvgIpc) is 2.28. The molecule has 0 radical (unpaired) electrons. The van der Waals surface area contributed by atoms with Crippen molar-refractivity contribution in [3.8, 4) is 5.75 Å². The van der Waals surface area contributed by atoms with Gasteiger partial charge in [-0.3, -0.25) is 4.98 Å². The van der Waals surface area contributed by atoms with Gasteiger partial charge in [-0.1, -0.05) is 0 Å². The van der Waals surface area contributed by atoms with E-state index >= 15 is 0 Å². The van der Waals surface area contributed by atoms with Gasteiger partial charge in [0.2, 0.25) is 0 Å². The Balaban J connectivity index is 2.73. The number of carbonyl (C=O) groups is 1. The Bertz CT molecular complexity index is 351. The molecule has 1 aromatic heterocycles. The van der Waals surface area contributed by atoms with E-state index in [1.54, 1.807) is 6.92 Å². The Morgan fingerprint density at radius 2 is 2.19 bits per heavy atom. The fourth-order valence-electron chi connectivity index (χ4n) is 1.09. The molecule has 0 aliphatic carbocycles. The largest absolute Gasteiger partial charge is 0.506 e. The molecule has 0 saturated heterocycles. The van der Waals surface area contributed by atoms with Gasteiger partial charge in [0.25, 0.3) is 0 Å². The third-order valence-electron chi connectivity index (χ3n) is 1.90. The second kappa shape index (κ2) is 5.43. The van der Waals surface area contributed by atoms with E-state index < -0.39 is 18.2 Å². The van der Waals surface area contributed by atoms with E-state index in [0.29, 0.717) is 0 Å².